The highest BCUT2D eigenvalue weighted by Gasteiger charge is 2.04. The molecule has 0 saturated heterocycles. The maximum atomic E-state index is 10.7. The van der Waals surface area contributed by atoms with Crippen LogP contribution < -0.4 is 0 Å². The minimum absolute atomic E-state index is 0.0902. The lowest BCUT2D eigenvalue weighted by atomic mass is 10.1. The van der Waals surface area contributed by atoms with E-state index in [1.807, 2.05) is 0 Å². The van der Waals surface area contributed by atoms with Gasteiger partial charge < -0.3 is 5.11 Å². The third-order valence-electron chi connectivity index (χ3n) is 1.21. The van der Waals surface area contributed by atoms with Gasteiger partial charge in [-0.05, 0) is 20.3 Å². The topological polar surface area (TPSA) is 37.3 Å². The average molecular weight is 140 g/mol. The van der Waals surface area contributed by atoms with Crippen LogP contribution in [0.5, 0.6) is 0 Å². The average Bonchev–Trinajstić information content (AvgIpc) is 1.81. The number of allylic oxidation sites excluding steroid dienone is 3. The first-order valence-electron chi connectivity index (χ1n) is 3.10. The molecule has 1 N–H and O–H groups in total. The van der Waals surface area contributed by atoms with E-state index in [-0.39, 0.29) is 11.5 Å². The van der Waals surface area contributed by atoms with Crippen LogP contribution in [-0.2, 0) is 4.79 Å². The van der Waals surface area contributed by atoms with Gasteiger partial charge in [0.05, 0.1) is 5.76 Å². The second-order valence-electron chi connectivity index (χ2n) is 2.11. The fourth-order valence-corrected chi connectivity index (χ4v) is 0.691. The molecule has 0 spiro atoms. The molecule has 0 atom stereocenters. The van der Waals surface area contributed by atoms with Crippen LogP contribution in [0.3, 0.4) is 0 Å². The number of Topliss-reactive ketones (excluding diaryl/α,β-unsaturated/α-hetero) is 1. The molecule has 0 aliphatic carbocycles. The summed E-state index contributed by atoms with van der Waals surface area (Å²) < 4.78 is 0. The molecule has 0 bridgehead atoms. The Morgan fingerprint density at radius 3 is 2.20 bits per heavy atom. The Bertz CT molecular complexity index is 174. The number of ketones is 1. The lowest BCUT2D eigenvalue weighted by Crippen LogP contribution is -1.98. The van der Waals surface area contributed by atoms with Gasteiger partial charge in [-0.3, -0.25) is 4.79 Å². The fourth-order valence-electron chi connectivity index (χ4n) is 0.691. The molecule has 0 heterocycles. The lowest BCUT2D eigenvalue weighted by Gasteiger charge is -1.99. The van der Waals surface area contributed by atoms with Crippen LogP contribution in [0.2, 0.25) is 0 Å². The van der Waals surface area contributed by atoms with Gasteiger partial charge in [0.15, 0.2) is 5.78 Å². The number of carbonyl (C=O) groups excluding carboxylic acids is 1. The van der Waals surface area contributed by atoms with Crippen molar-refractivity contribution < 1.29 is 9.90 Å². The Morgan fingerprint density at radius 1 is 1.60 bits per heavy atom. The minimum atomic E-state index is -0.0973. The Balaban J connectivity index is 4.42. The van der Waals surface area contributed by atoms with Crippen LogP contribution in [-0.4, -0.2) is 10.9 Å². The van der Waals surface area contributed by atoms with Gasteiger partial charge in [0, 0.05) is 5.57 Å². The minimum Gasteiger partial charge on any atom is -0.512 e. The SMILES string of the molecule is C=CC/C(C(C)=O)=C(/C)O. The van der Waals surface area contributed by atoms with Crippen LogP contribution in [0.15, 0.2) is 24.0 Å². The number of rotatable bonds is 3. The monoisotopic (exact) mass is 140 g/mol. The first-order chi connectivity index (χ1) is 4.59. The summed E-state index contributed by atoms with van der Waals surface area (Å²) in [5.74, 6) is -0.00713. The van der Waals surface area contributed by atoms with Crippen molar-refractivity contribution in [1.82, 2.24) is 0 Å². The molecule has 0 unspecified atom stereocenters. The third kappa shape index (κ3) is 2.49. The van der Waals surface area contributed by atoms with E-state index in [9.17, 15) is 4.79 Å². The maximum absolute atomic E-state index is 10.7. The van der Waals surface area contributed by atoms with Crippen molar-refractivity contribution in [1.29, 1.82) is 0 Å². The van der Waals surface area contributed by atoms with Crippen molar-refractivity contribution in [3.05, 3.63) is 24.0 Å². The standard InChI is InChI=1S/C8H12O2/c1-4-5-8(6(2)9)7(3)10/h4,9H,1,5H2,2-3H3/b8-6+. The second-order valence-corrected chi connectivity index (χ2v) is 2.11. The number of hydrogen-bond acceptors (Lipinski definition) is 2. The lowest BCUT2D eigenvalue weighted by molar-refractivity contribution is -0.113. The van der Waals surface area contributed by atoms with Crippen LogP contribution in [0, 0.1) is 0 Å². The predicted molar refractivity (Wildman–Crippen MR) is 40.8 cm³/mol. The summed E-state index contributed by atoms with van der Waals surface area (Å²) in [6.07, 6.45) is 2.04. The van der Waals surface area contributed by atoms with E-state index in [0.717, 1.165) is 0 Å². The van der Waals surface area contributed by atoms with E-state index in [2.05, 4.69) is 6.58 Å². The van der Waals surface area contributed by atoms with E-state index in [0.29, 0.717) is 12.0 Å². The zero-order chi connectivity index (χ0) is 8.15. The zero-order valence-corrected chi connectivity index (χ0v) is 6.35. The first-order valence-corrected chi connectivity index (χ1v) is 3.10. The normalized spacial score (nSPS) is 12.2. The predicted octanol–water partition coefficient (Wildman–Crippen LogP) is 1.98. The molecule has 0 radical (unpaired) electrons. The highest BCUT2D eigenvalue weighted by atomic mass is 16.3. The van der Waals surface area contributed by atoms with Crippen LogP contribution >= 0.6 is 0 Å². The van der Waals surface area contributed by atoms with E-state index in [1.165, 1.54) is 13.8 Å². The van der Waals surface area contributed by atoms with E-state index in [4.69, 9.17) is 5.11 Å². The second kappa shape index (κ2) is 3.88. The van der Waals surface area contributed by atoms with Gasteiger partial charge in [0.2, 0.25) is 0 Å². The summed E-state index contributed by atoms with van der Waals surface area (Å²) in [6, 6.07) is 0. The smallest absolute Gasteiger partial charge is 0.159 e. The van der Waals surface area contributed by atoms with Crippen molar-refractivity contribution in [3.8, 4) is 0 Å². The van der Waals surface area contributed by atoms with E-state index in [1.54, 1.807) is 6.08 Å². The highest BCUT2D eigenvalue weighted by Crippen LogP contribution is 2.07. The summed E-state index contributed by atoms with van der Waals surface area (Å²) in [4.78, 5) is 10.7. The van der Waals surface area contributed by atoms with Gasteiger partial charge in [0.25, 0.3) is 0 Å². The highest BCUT2D eigenvalue weighted by molar-refractivity contribution is 5.93. The zero-order valence-electron chi connectivity index (χ0n) is 6.35. The molecule has 0 fully saturated rings. The van der Waals surface area contributed by atoms with Gasteiger partial charge in [-0.15, -0.1) is 6.58 Å². The molecule has 0 saturated carbocycles. The molecule has 0 aliphatic heterocycles. The van der Waals surface area contributed by atoms with Crippen LogP contribution in [0.25, 0.3) is 0 Å². The molecular formula is C8H12O2. The number of carbonyl (C=O) groups is 1. The molecule has 0 rings (SSSR count). The van der Waals surface area contributed by atoms with Crippen molar-refractivity contribution in [3.63, 3.8) is 0 Å². The number of aliphatic hydroxyl groups is 1. The van der Waals surface area contributed by atoms with E-state index < -0.39 is 0 Å². The first kappa shape index (κ1) is 8.95. The molecule has 56 valence electrons. The molecule has 0 amide bonds. The number of aliphatic hydroxyl groups excluding tert-OH is 1. The molecule has 2 nitrogen and oxygen atoms in total. The molecule has 10 heavy (non-hydrogen) atoms. The Kier molecular flexibility index (Phi) is 3.47. The van der Waals surface area contributed by atoms with Gasteiger partial charge in [-0.2, -0.15) is 0 Å². The Labute approximate surface area is 60.9 Å². The summed E-state index contributed by atoms with van der Waals surface area (Å²) in [7, 11) is 0. The van der Waals surface area contributed by atoms with Crippen LogP contribution in [0.4, 0.5) is 0 Å². The van der Waals surface area contributed by atoms with Gasteiger partial charge in [-0.25, -0.2) is 0 Å². The van der Waals surface area contributed by atoms with Gasteiger partial charge in [-0.1, -0.05) is 6.08 Å². The largest absolute Gasteiger partial charge is 0.512 e. The van der Waals surface area contributed by atoms with Crippen molar-refractivity contribution in [2.75, 3.05) is 0 Å². The quantitative estimate of drug-likeness (QED) is 0.369. The number of hydrogen-bond donors (Lipinski definition) is 1. The van der Waals surface area contributed by atoms with Crippen molar-refractivity contribution >= 4 is 5.78 Å². The Morgan fingerprint density at radius 2 is 2.10 bits per heavy atom. The van der Waals surface area contributed by atoms with Crippen molar-refractivity contribution in [2.45, 2.75) is 20.3 Å². The third-order valence-corrected chi connectivity index (χ3v) is 1.21. The maximum Gasteiger partial charge on any atom is 0.159 e. The summed E-state index contributed by atoms with van der Waals surface area (Å²) >= 11 is 0. The van der Waals surface area contributed by atoms with Crippen molar-refractivity contribution in [2.24, 2.45) is 0 Å². The van der Waals surface area contributed by atoms with Crippen LogP contribution in [0.1, 0.15) is 20.3 Å². The summed E-state index contributed by atoms with van der Waals surface area (Å²) in [6.45, 7) is 6.40. The molecule has 0 aliphatic rings. The molecule has 0 aromatic rings. The molecule has 2 heteroatoms. The molecule has 0 aromatic carbocycles. The van der Waals surface area contributed by atoms with Gasteiger partial charge >= 0.3 is 0 Å². The van der Waals surface area contributed by atoms with Gasteiger partial charge in [0.1, 0.15) is 0 Å². The summed E-state index contributed by atoms with van der Waals surface area (Å²) in [5, 5.41) is 8.92. The fraction of sp³-hybridized carbons (Fsp3) is 0.375. The van der Waals surface area contributed by atoms with E-state index >= 15 is 0 Å². The summed E-state index contributed by atoms with van der Waals surface area (Å²) in [5.41, 5.74) is 0.440. The molecule has 0 aromatic heterocycles. The molecular weight excluding hydrogens is 128 g/mol. The Hall–Kier alpha value is -1.05.